The molecule has 22 heavy (non-hydrogen) atoms. The number of hydrogen-bond acceptors (Lipinski definition) is 4. The first-order chi connectivity index (χ1) is 10.3. The lowest BCUT2D eigenvalue weighted by Gasteiger charge is -2.23. The summed E-state index contributed by atoms with van der Waals surface area (Å²) in [5.41, 5.74) is 1.03. The van der Waals surface area contributed by atoms with Gasteiger partial charge in [-0.25, -0.2) is 12.7 Å². The molecule has 2 heterocycles. The van der Waals surface area contributed by atoms with E-state index in [9.17, 15) is 13.2 Å². The number of anilines is 1. The fraction of sp³-hybridized carbons (Fsp3) is 0.467. The molecule has 2 aliphatic rings. The molecule has 1 atom stereocenters. The van der Waals surface area contributed by atoms with Gasteiger partial charge in [0, 0.05) is 37.2 Å². The van der Waals surface area contributed by atoms with E-state index in [4.69, 9.17) is 5.26 Å². The molecule has 6 nitrogen and oxygen atoms in total. The van der Waals surface area contributed by atoms with Crippen LogP contribution in [-0.4, -0.2) is 44.5 Å². The first kappa shape index (κ1) is 15.0. The van der Waals surface area contributed by atoms with Crippen LogP contribution < -0.4 is 4.90 Å². The van der Waals surface area contributed by atoms with Gasteiger partial charge in [0.25, 0.3) is 0 Å². The summed E-state index contributed by atoms with van der Waals surface area (Å²) in [4.78, 5) is 14.0. The van der Waals surface area contributed by atoms with Crippen molar-refractivity contribution >= 4 is 21.6 Å². The van der Waals surface area contributed by atoms with E-state index in [1.807, 2.05) is 0 Å². The van der Waals surface area contributed by atoms with Crippen molar-refractivity contribution in [2.24, 2.45) is 5.41 Å². The summed E-state index contributed by atoms with van der Waals surface area (Å²) in [6.45, 7) is 1.42. The minimum atomic E-state index is -3.21. The Morgan fingerprint density at radius 2 is 1.91 bits per heavy atom. The Labute approximate surface area is 130 Å². The van der Waals surface area contributed by atoms with Crippen molar-refractivity contribution in [2.45, 2.75) is 12.8 Å². The van der Waals surface area contributed by atoms with Crippen LogP contribution in [0.25, 0.3) is 0 Å². The summed E-state index contributed by atoms with van der Waals surface area (Å²) in [7, 11) is -3.21. The largest absolute Gasteiger partial charge is 0.312 e. The second kappa shape index (κ2) is 5.07. The van der Waals surface area contributed by atoms with Crippen molar-refractivity contribution < 1.29 is 13.2 Å². The van der Waals surface area contributed by atoms with Crippen LogP contribution in [-0.2, 0) is 14.8 Å². The topological polar surface area (TPSA) is 81.5 Å². The zero-order valence-electron chi connectivity index (χ0n) is 12.3. The van der Waals surface area contributed by atoms with Gasteiger partial charge in [0.15, 0.2) is 0 Å². The van der Waals surface area contributed by atoms with Crippen LogP contribution in [0.5, 0.6) is 0 Å². The minimum absolute atomic E-state index is 0.0139. The SMILES string of the molecule is CS(=O)(=O)N1CCC2(CC(=O)N(c3ccc(C#N)cc3)C2)C1. The van der Waals surface area contributed by atoms with Crippen LogP contribution in [0.4, 0.5) is 5.69 Å². The van der Waals surface area contributed by atoms with E-state index in [0.717, 1.165) is 5.69 Å². The number of amides is 1. The van der Waals surface area contributed by atoms with Crippen molar-refractivity contribution in [1.29, 1.82) is 5.26 Å². The van der Waals surface area contributed by atoms with Crippen LogP contribution in [0.15, 0.2) is 24.3 Å². The third-order valence-electron chi connectivity index (χ3n) is 4.50. The highest BCUT2D eigenvalue weighted by molar-refractivity contribution is 7.88. The monoisotopic (exact) mass is 319 g/mol. The number of hydrogen-bond donors (Lipinski definition) is 0. The molecule has 3 rings (SSSR count). The molecule has 1 spiro atoms. The van der Waals surface area contributed by atoms with Crippen LogP contribution in [0.3, 0.4) is 0 Å². The molecule has 2 saturated heterocycles. The van der Waals surface area contributed by atoms with Gasteiger partial charge >= 0.3 is 0 Å². The van der Waals surface area contributed by atoms with E-state index in [1.165, 1.54) is 10.6 Å². The van der Waals surface area contributed by atoms with Gasteiger partial charge in [0.2, 0.25) is 15.9 Å². The molecule has 0 aromatic heterocycles. The highest BCUT2D eigenvalue weighted by Crippen LogP contribution is 2.42. The molecule has 1 amide bonds. The highest BCUT2D eigenvalue weighted by Gasteiger charge is 2.49. The molecule has 0 radical (unpaired) electrons. The Morgan fingerprint density at radius 3 is 2.45 bits per heavy atom. The smallest absolute Gasteiger partial charge is 0.227 e. The fourth-order valence-corrected chi connectivity index (χ4v) is 4.23. The zero-order chi connectivity index (χ0) is 16.0. The van der Waals surface area contributed by atoms with Crippen LogP contribution >= 0.6 is 0 Å². The van der Waals surface area contributed by atoms with Gasteiger partial charge in [-0.1, -0.05) is 0 Å². The number of benzene rings is 1. The van der Waals surface area contributed by atoms with E-state index in [1.54, 1.807) is 29.2 Å². The van der Waals surface area contributed by atoms with Crippen LogP contribution in [0.1, 0.15) is 18.4 Å². The standard InChI is InChI=1S/C15H17N3O3S/c1-22(20,21)17-7-6-15(10-17)8-14(19)18(11-15)13-4-2-12(9-16)3-5-13/h2-5H,6-8,10-11H2,1H3. The molecule has 1 aromatic carbocycles. The summed E-state index contributed by atoms with van der Waals surface area (Å²) >= 11 is 0. The Balaban J connectivity index is 1.80. The van der Waals surface area contributed by atoms with Gasteiger partial charge < -0.3 is 4.90 Å². The second-order valence-corrected chi connectivity index (χ2v) is 8.14. The van der Waals surface area contributed by atoms with Gasteiger partial charge in [0.1, 0.15) is 0 Å². The number of carbonyl (C=O) groups excluding carboxylic acids is 1. The Morgan fingerprint density at radius 1 is 1.23 bits per heavy atom. The number of nitriles is 1. The number of nitrogens with zero attached hydrogens (tertiary/aromatic N) is 3. The Kier molecular flexibility index (Phi) is 3.46. The van der Waals surface area contributed by atoms with E-state index in [-0.39, 0.29) is 11.3 Å². The molecule has 7 heteroatoms. The molecule has 116 valence electrons. The van der Waals surface area contributed by atoms with E-state index >= 15 is 0 Å². The minimum Gasteiger partial charge on any atom is -0.312 e. The molecule has 0 saturated carbocycles. The highest BCUT2D eigenvalue weighted by atomic mass is 32.2. The number of carbonyl (C=O) groups is 1. The number of sulfonamides is 1. The molecular weight excluding hydrogens is 302 g/mol. The van der Waals surface area contributed by atoms with Crippen LogP contribution in [0, 0.1) is 16.7 Å². The second-order valence-electron chi connectivity index (χ2n) is 6.16. The lowest BCUT2D eigenvalue weighted by molar-refractivity contribution is -0.117. The molecule has 1 aromatic rings. The van der Waals surface area contributed by atoms with Gasteiger partial charge in [0.05, 0.1) is 17.9 Å². The lowest BCUT2D eigenvalue weighted by Crippen LogP contribution is -2.33. The van der Waals surface area contributed by atoms with Crippen molar-refractivity contribution in [3.63, 3.8) is 0 Å². The summed E-state index contributed by atoms with van der Waals surface area (Å²) in [5.74, 6) is 0.0139. The summed E-state index contributed by atoms with van der Waals surface area (Å²) in [6, 6.07) is 8.95. The van der Waals surface area contributed by atoms with Gasteiger partial charge in [-0.15, -0.1) is 0 Å². The van der Waals surface area contributed by atoms with Gasteiger partial charge in [-0.05, 0) is 30.7 Å². The predicted molar refractivity (Wildman–Crippen MR) is 81.6 cm³/mol. The van der Waals surface area contributed by atoms with E-state index in [0.29, 0.717) is 38.0 Å². The van der Waals surface area contributed by atoms with Crippen molar-refractivity contribution in [1.82, 2.24) is 4.31 Å². The third kappa shape index (κ3) is 2.60. The summed E-state index contributed by atoms with van der Waals surface area (Å²) in [5, 5.41) is 8.83. The Hall–Kier alpha value is -1.91. The fourth-order valence-electron chi connectivity index (χ4n) is 3.30. The average molecular weight is 319 g/mol. The normalized spacial score (nSPS) is 25.8. The predicted octanol–water partition coefficient (Wildman–Crippen LogP) is 0.947. The maximum absolute atomic E-state index is 12.3. The first-order valence-corrected chi connectivity index (χ1v) is 8.94. The first-order valence-electron chi connectivity index (χ1n) is 7.09. The van der Waals surface area contributed by atoms with Crippen molar-refractivity contribution in [3.05, 3.63) is 29.8 Å². The molecular formula is C15H17N3O3S. The summed E-state index contributed by atoms with van der Waals surface area (Å²) in [6.07, 6.45) is 2.29. The number of rotatable bonds is 2. The molecule has 0 aliphatic carbocycles. The lowest BCUT2D eigenvalue weighted by atomic mass is 9.86. The average Bonchev–Trinajstić information content (AvgIpc) is 3.03. The maximum Gasteiger partial charge on any atom is 0.227 e. The van der Waals surface area contributed by atoms with Crippen molar-refractivity contribution in [3.8, 4) is 6.07 Å². The van der Waals surface area contributed by atoms with Crippen molar-refractivity contribution in [2.75, 3.05) is 30.8 Å². The third-order valence-corrected chi connectivity index (χ3v) is 5.75. The molecule has 2 fully saturated rings. The maximum atomic E-state index is 12.3. The van der Waals surface area contributed by atoms with E-state index < -0.39 is 10.0 Å². The van der Waals surface area contributed by atoms with Gasteiger partial charge in [-0.2, -0.15) is 5.26 Å². The van der Waals surface area contributed by atoms with Gasteiger partial charge in [-0.3, -0.25) is 4.79 Å². The zero-order valence-corrected chi connectivity index (χ0v) is 13.1. The van der Waals surface area contributed by atoms with Crippen LogP contribution in [0.2, 0.25) is 0 Å². The molecule has 0 bridgehead atoms. The molecule has 1 unspecified atom stereocenters. The summed E-state index contributed by atoms with van der Waals surface area (Å²) < 4.78 is 24.8. The molecule has 0 N–H and O–H groups in total. The Bertz CT molecular complexity index is 751. The molecule has 2 aliphatic heterocycles. The quantitative estimate of drug-likeness (QED) is 0.812. The van der Waals surface area contributed by atoms with E-state index in [2.05, 4.69) is 6.07 Å².